The highest BCUT2D eigenvalue weighted by Gasteiger charge is 2.28. The first kappa shape index (κ1) is 15.5. The van der Waals surface area contributed by atoms with Gasteiger partial charge in [0.25, 0.3) is 0 Å². The van der Waals surface area contributed by atoms with Crippen molar-refractivity contribution in [2.75, 3.05) is 6.61 Å². The zero-order chi connectivity index (χ0) is 15.4. The molecular weight excluding hydrogens is 268 g/mol. The third kappa shape index (κ3) is 3.82. The van der Waals surface area contributed by atoms with E-state index in [1.165, 1.54) is 0 Å². The van der Waals surface area contributed by atoms with Gasteiger partial charge < -0.3 is 15.8 Å². The largest absolute Gasteiger partial charge is 0.368 e. The number of nitrogens with two attached hydrogens (primary N) is 1. The quantitative estimate of drug-likeness (QED) is 0.848. The van der Waals surface area contributed by atoms with E-state index in [4.69, 9.17) is 10.5 Å². The lowest BCUT2D eigenvalue weighted by atomic mass is 9.96. The third-order valence-electron chi connectivity index (χ3n) is 3.93. The molecule has 1 aromatic carbocycles. The van der Waals surface area contributed by atoms with E-state index in [2.05, 4.69) is 5.32 Å². The number of carbonyl (C=O) groups excluding carboxylic acids is 2. The molecule has 0 saturated carbocycles. The second-order valence-electron chi connectivity index (χ2n) is 5.54. The Morgan fingerprint density at radius 2 is 2.05 bits per heavy atom. The fourth-order valence-electron chi connectivity index (χ4n) is 2.65. The summed E-state index contributed by atoms with van der Waals surface area (Å²) in [4.78, 5) is 23.7. The topological polar surface area (TPSA) is 81.4 Å². The molecule has 2 atom stereocenters. The van der Waals surface area contributed by atoms with Gasteiger partial charge in [-0.05, 0) is 43.4 Å². The highest BCUT2D eigenvalue weighted by Crippen LogP contribution is 2.16. The molecule has 0 aliphatic carbocycles. The normalized spacial score (nSPS) is 19.2. The van der Waals surface area contributed by atoms with E-state index >= 15 is 0 Å². The summed E-state index contributed by atoms with van der Waals surface area (Å²) in [7, 11) is 0. The lowest BCUT2D eigenvalue weighted by Crippen LogP contribution is -2.49. The van der Waals surface area contributed by atoms with Crippen molar-refractivity contribution in [3.8, 4) is 0 Å². The number of primary amides is 1. The number of aryl methyl sites for hydroxylation is 2. The predicted octanol–water partition coefficient (Wildman–Crippen LogP) is 0.995. The van der Waals surface area contributed by atoms with Gasteiger partial charge in [0.2, 0.25) is 11.8 Å². The molecule has 2 rings (SSSR count). The van der Waals surface area contributed by atoms with Crippen LogP contribution in [-0.2, 0) is 20.7 Å². The van der Waals surface area contributed by atoms with Gasteiger partial charge in [0.05, 0.1) is 0 Å². The molecule has 1 fully saturated rings. The van der Waals surface area contributed by atoms with E-state index < -0.39 is 18.1 Å². The zero-order valence-electron chi connectivity index (χ0n) is 12.5. The van der Waals surface area contributed by atoms with Crippen molar-refractivity contribution in [1.82, 2.24) is 5.32 Å². The van der Waals surface area contributed by atoms with Crippen LogP contribution in [0.2, 0.25) is 0 Å². The summed E-state index contributed by atoms with van der Waals surface area (Å²) in [5, 5.41) is 2.72. The molecule has 1 saturated heterocycles. The van der Waals surface area contributed by atoms with Gasteiger partial charge in [-0.25, -0.2) is 0 Å². The van der Waals surface area contributed by atoms with Crippen LogP contribution >= 0.6 is 0 Å². The molecular formula is C16H22N2O3. The van der Waals surface area contributed by atoms with Crippen molar-refractivity contribution in [3.05, 3.63) is 34.9 Å². The minimum atomic E-state index is -0.707. The van der Waals surface area contributed by atoms with Gasteiger partial charge in [-0.2, -0.15) is 0 Å². The van der Waals surface area contributed by atoms with Gasteiger partial charge in [-0.3, -0.25) is 9.59 Å². The Hall–Kier alpha value is -1.88. The van der Waals surface area contributed by atoms with E-state index in [1.807, 2.05) is 32.0 Å². The second kappa shape index (κ2) is 6.72. The summed E-state index contributed by atoms with van der Waals surface area (Å²) < 4.78 is 5.33. The molecule has 0 radical (unpaired) electrons. The first-order chi connectivity index (χ1) is 9.99. The fourth-order valence-corrected chi connectivity index (χ4v) is 2.65. The van der Waals surface area contributed by atoms with Crippen molar-refractivity contribution in [2.24, 2.45) is 5.73 Å². The van der Waals surface area contributed by atoms with Crippen molar-refractivity contribution in [2.45, 2.75) is 45.3 Å². The minimum absolute atomic E-state index is 0.248. The van der Waals surface area contributed by atoms with Gasteiger partial charge in [-0.1, -0.05) is 18.2 Å². The summed E-state index contributed by atoms with van der Waals surface area (Å²) in [6.45, 7) is 4.57. The lowest BCUT2D eigenvalue weighted by molar-refractivity contribution is -0.133. The molecule has 0 unspecified atom stereocenters. The highest BCUT2D eigenvalue weighted by molar-refractivity contribution is 5.88. The standard InChI is InChI=1S/C16H22N2O3/c1-10-5-3-6-11(2)12(10)9-13(15(17)19)18-16(20)14-7-4-8-21-14/h3,5-6,13-14H,4,7-9H2,1-2H3,(H2,17,19)(H,18,20)/t13-,14+/m0/s1. The average molecular weight is 290 g/mol. The summed E-state index contributed by atoms with van der Waals surface area (Å²) in [5.74, 6) is -0.772. The van der Waals surface area contributed by atoms with Crippen molar-refractivity contribution in [3.63, 3.8) is 0 Å². The van der Waals surface area contributed by atoms with E-state index in [9.17, 15) is 9.59 Å². The molecule has 1 aromatic rings. The summed E-state index contributed by atoms with van der Waals surface area (Å²) in [6.07, 6.45) is 1.52. The van der Waals surface area contributed by atoms with Crippen LogP contribution in [0.25, 0.3) is 0 Å². The average Bonchev–Trinajstić information content (AvgIpc) is 2.95. The maximum atomic E-state index is 12.1. The smallest absolute Gasteiger partial charge is 0.249 e. The molecule has 1 aliphatic rings. The lowest BCUT2D eigenvalue weighted by Gasteiger charge is -2.20. The molecule has 5 nitrogen and oxygen atoms in total. The van der Waals surface area contributed by atoms with Crippen LogP contribution < -0.4 is 11.1 Å². The molecule has 5 heteroatoms. The summed E-state index contributed by atoms with van der Waals surface area (Å²) >= 11 is 0. The van der Waals surface area contributed by atoms with Crippen molar-refractivity contribution >= 4 is 11.8 Å². The molecule has 21 heavy (non-hydrogen) atoms. The summed E-state index contributed by atoms with van der Waals surface area (Å²) in [6, 6.07) is 5.24. The monoisotopic (exact) mass is 290 g/mol. The maximum Gasteiger partial charge on any atom is 0.249 e. The molecule has 1 heterocycles. The van der Waals surface area contributed by atoms with Gasteiger partial charge in [0.15, 0.2) is 0 Å². The summed E-state index contributed by atoms with van der Waals surface area (Å²) in [5.41, 5.74) is 8.67. The van der Waals surface area contributed by atoms with Gasteiger partial charge in [0, 0.05) is 13.0 Å². The fraction of sp³-hybridized carbons (Fsp3) is 0.500. The Morgan fingerprint density at radius 3 is 2.57 bits per heavy atom. The van der Waals surface area contributed by atoms with E-state index in [0.29, 0.717) is 19.4 Å². The second-order valence-corrected chi connectivity index (χ2v) is 5.54. The van der Waals surface area contributed by atoms with Crippen LogP contribution in [0.15, 0.2) is 18.2 Å². The van der Waals surface area contributed by atoms with Gasteiger partial charge in [0.1, 0.15) is 12.1 Å². The van der Waals surface area contributed by atoms with E-state index in [1.54, 1.807) is 0 Å². The number of hydrogen-bond donors (Lipinski definition) is 2. The van der Waals surface area contributed by atoms with Crippen LogP contribution in [0.1, 0.15) is 29.5 Å². The van der Waals surface area contributed by atoms with Crippen molar-refractivity contribution in [1.29, 1.82) is 0 Å². The van der Waals surface area contributed by atoms with Gasteiger partial charge >= 0.3 is 0 Å². The molecule has 2 amide bonds. The Balaban J connectivity index is 2.09. The number of amides is 2. The number of benzene rings is 1. The molecule has 3 N–H and O–H groups in total. The highest BCUT2D eigenvalue weighted by atomic mass is 16.5. The van der Waals surface area contributed by atoms with Gasteiger partial charge in [-0.15, -0.1) is 0 Å². The Labute approximate surface area is 124 Å². The predicted molar refractivity (Wildman–Crippen MR) is 79.7 cm³/mol. The zero-order valence-corrected chi connectivity index (χ0v) is 12.5. The number of rotatable bonds is 5. The van der Waals surface area contributed by atoms with Crippen LogP contribution in [0.5, 0.6) is 0 Å². The molecule has 114 valence electrons. The number of carbonyl (C=O) groups is 2. The first-order valence-electron chi connectivity index (χ1n) is 7.25. The molecule has 1 aliphatic heterocycles. The molecule has 0 bridgehead atoms. The van der Waals surface area contributed by atoms with E-state index in [-0.39, 0.29) is 5.91 Å². The van der Waals surface area contributed by atoms with Crippen LogP contribution in [0.4, 0.5) is 0 Å². The Bertz CT molecular complexity index is 516. The number of hydrogen-bond acceptors (Lipinski definition) is 3. The Morgan fingerprint density at radius 1 is 1.38 bits per heavy atom. The van der Waals surface area contributed by atoms with Crippen LogP contribution in [0.3, 0.4) is 0 Å². The van der Waals surface area contributed by atoms with Crippen LogP contribution in [-0.4, -0.2) is 30.6 Å². The SMILES string of the molecule is Cc1cccc(C)c1C[C@H](NC(=O)[C@H]1CCCO1)C(N)=O. The number of nitrogens with one attached hydrogen (secondary N) is 1. The molecule has 0 spiro atoms. The Kier molecular flexibility index (Phi) is 4.96. The number of ether oxygens (including phenoxy) is 1. The van der Waals surface area contributed by atoms with E-state index in [0.717, 1.165) is 23.1 Å². The third-order valence-corrected chi connectivity index (χ3v) is 3.93. The minimum Gasteiger partial charge on any atom is -0.368 e. The first-order valence-corrected chi connectivity index (χ1v) is 7.25. The van der Waals surface area contributed by atoms with Crippen LogP contribution in [0, 0.1) is 13.8 Å². The van der Waals surface area contributed by atoms with Crippen molar-refractivity contribution < 1.29 is 14.3 Å². The maximum absolute atomic E-state index is 12.1. The molecule has 0 aromatic heterocycles.